The molecule has 8 heteroatoms. The average molecular weight is 446 g/mol. The van der Waals surface area contributed by atoms with Crippen LogP contribution in [-0.2, 0) is 26.0 Å². The van der Waals surface area contributed by atoms with Gasteiger partial charge in [0.1, 0.15) is 0 Å². The number of aryl methyl sites for hydroxylation is 1. The van der Waals surface area contributed by atoms with Crippen molar-refractivity contribution in [2.45, 2.75) is 30.7 Å². The van der Waals surface area contributed by atoms with Gasteiger partial charge >= 0.3 is 0 Å². The van der Waals surface area contributed by atoms with Gasteiger partial charge in [-0.25, -0.2) is 13.1 Å². The Balaban J connectivity index is 1.44. The van der Waals surface area contributed by atoms with Gasteiger partial charge in [0, 0.05) is 38.6 Å². The third kappa shape index (κ3) is 7.43. The Morgan fingerprint density at radius 2 is 1.74 bits per heavy atom. The number of hydrogen-bond acceptors (Lipinski definition) is 5. The van der Waals surface area contributed by atoms with Crippen LogP contribution < -0.4 is 10.0 Å². The molecule has 0 saturated carbocycles. The number of carbonyl (C=O) groups excluding carboxylic acids is 1. The molecule has 2 N–H and O–H groups in total. The largest absolute Gasteiger partial charge is 0.379 e. The van der Waals surface area contributed by atoms with Crippen molar-refractivity contribution < 1.29 is 17.9 Å². The lowest BCUT2D eigenvalue weighted by molar-refractivity contribution is -0.121. The number of rotatable bonds is 10. The van der Waals surface area contributed by atoms with Crippen molar-refractivity contribution in [1.29, 1.82) is 0 Å². The molecule has 2 aromatic rings. The first-order valence-electron chi connectivity index (χ1n) is 10.7. The highest BCUT2D eigenvalue weighted by Crippen LogP contribution is 2.17. The van der Waals surface area contributed by atoms with Crippen molar-refractivity contribution in [3.8, 4) is 0 Å². The Kier molecular flexibility index (Phi) is 8.60. The predicted molar refractivity (Wildman–Crippen MR) is 120 cm³/mol. The number of nitrogens with zero attached hydrogens (tertiary/aromatic N) is 1. The van der Waals surface area contributed by atoms with E-state index in [1.807, 2.05) is 37.3 Å². The van der Waals surface area contributed by atoms with E-state index in [1.54, 1.807) is 24.3 Å². The molecule has 1 heterocycles. The van der Waals surface area contributed by atoms with Crippen molar-refractivity contribution in [3.05, 3.63) is 65.7 Å². The van der Waals surface area contributed by atoms with Gasteiger partial charge in [-0.3, -0.25) is 9.69 Å². The highest BCUT2D eigenvalue weighted by atomic mass is 32.2. The average Bonchev–Trinajstić information content (AvgIpc) is 2.79. The van der Waals surface area contributed by atoms with Crippen LogP contribution in [0, 0.1) is 0 Å². The van der Waals surface area contributed by atoms with E-state index in [4.69, 9.17) is 4.74 Å². The maximum atomic E-state index is 12.7. The highest BCUT2D eigenvalue weighted by molar-refractivity contribution is 7.89. The maximum absolute atomic E-state index is 12.7. The Labute approximate surface area is 184 Å². The van der Waals surface area contributed by atoms with E-state index >= 15 is 0 Å². The smallest absolute Gasteiger partial charge is 0.241 e. The van der Waals surface area contributed by atoms with Crippen molar-refractivity contribution in [3.63, 3.8) is 0 Å². The van der Waals surface area contributed by atoms with E-state index in [0.29, 0.717) is 19.4 Å². The fourth-order valence-electron chi connectivity index (χ4n) is 3.47. The molecule has 1 aliphatic rings. The molecule has 1 fully saturated rings. The number of ether oxygens (including phenoxy) is 1. The summed E-state index contributed by atoms with van der Waals surface area (Å²) in [5.41, 5.74) is 1.83. The molecule has 1 amide bonds. The molecule has 0 radical (unpaired) electrons. The summed E-state index contributed by atoms with van der Waals surface area (Å²) >= 11 is 0. The Bertz CT molecular complexity index is 927. The van der Waals surface area contributed by atoms with Gasteiger partial charge in [0.2, 0.25) is 15.9 Å². The number of sulfonamides is 1. The zero-order chi connectivity index (χ0) is 22.1. The van der Waals surface area contributed by atoms with Gasteiger partial charge in [-0.15, -0.1) is 0 Å². The Morgan fingerprint density at radius 1 is 1.06 bits per heavy atom. The molecule has 1 aliphatic heterocycles. The SMILES string of the molecule is C[C@@H](NS(=O)(=O)c1ccc(CCC(=O)NCCN2CCOCC2)cc1)c1ccccc1. The zero-order valence-electron chi connectivity index (χ0n) is 17.9. The maximum Gasteiger partial charge on any atom is 0.241 e. The minimum atomic E-state index is -3.62. The van der Waals surface area contributed by atoms with Gasteiger partial charge in [0.05, 0.1) is 18.1 Å². The molecule has 1 saturated heterocycles. The number of benzene rings is 2. The number of nitrogens with one attached hydrogen (secondary N) is 2. The molecular formula is C23H31N3O4S. The third-order valence-corrected chi connectivity index (χ3v) is 6.92. The summed E-state index contributed by atoms with van der Waals surface area (Å²) in [6.07, 6.45) is 0.941. The summed E-state index contributed by atoms with van der Waals surface area (Å²) in [4.78, 5) is 14.6. The van der Waals surface area contributed by atoms with E-state index in [1.165, 1.54) is 0 Å². The van der Waals surface area contributed by atoms with Crippen molar-refractivity contribution in [1.82, 2.24) is 14.9 Å². The molecule has 0 bridgehead atoms. The second-order valence-corrected chi connectivity index (χ2v) is 9.42. The first-order chi connectivity index (χ1) is 14.9. The standard InChI is InChI=1S/C23H31N3O4S/c1-19(21-5-3-2-4-6-21)25-31(28,29)22-10-7-20(8-11-22)9-12-23(27)24-13-14-26-15-17-30-18-16-26/h2-8,10-11,19,25H,9,12-18H2,1H3,(H,24,27)/t19-/m1/s1. The molecule has 3 rings (SSSR count). The Morgan fingerprint density at radius 3 is 2.42 bits per heavy atom. The quantitative estimate of drug-likeness (QED) is 0.585. The second-order valence-electron chi connectivity index (χ2n) is 7.70. The normalized spacial score (nSPS) is 16.0. The zero-order valence-corrected chi connectivity index (χ0v) is 18.7. The Hall–Kier alpha value is -2.26. The number of amides is 1. The summed E-state index contributed by atoms with van der Waals surface area (Å²) in [6, 6.07) is 15.8. The first kappa shape index (κ1) is 23.4. The number of morpholine rings is 1. The molecule has 168 valence electrons. The van der Waals surface area contributed by atoms with Gasteiger partial charge in [0.25, 0.3) is 0 Å². The van der Waals surface area contributed by atoms with Crippen molar-refractivity contribution in [2.24, 2.45) is 0 Å². The lowest BCUT2D eigenvalue weighted by Gasteiger charge is -2.26. The number of carbonyl (C=O) groups is 1. The van der Waals surface area contributed by atoms with Crippen LogP contribution >= 0.6 is 0 Å². The lowest BCUT2D eigenvalue weighted by atomic mass is 10.1. The predicted octanol–water partition coefficient (Wildman–Crippen LogP) is 2.11. The van der Waals surface area contributed by atoms with Crippen molar-refractivity contribution in [2.75, 3.05) is 39.4 Å². The van der Waals surface area contributed by atoms with Crippen LogP contribution in [0.5, 0.6) is 0 Å². The van der Waals surface area contributed by atoms with E-state index in [9.17, 15) is 13.2 Å². The summed E-state index contributed by atoms with van der Waals surface area (Å²) in [5, 5.41) is 2.95. The van der Waals surface area contributed by atoms with Gasteiger partial charge in [-0.2, -0.15) is 0 Å². The minimum Gasteiger partial charge on any atom is -0.379 e. The van der Waals surface area contributed by atoms with Gasteiger partial charge < -0.3 is 10.1 Å². The van der Waals surface area contributed by atoms with E-state index < -0.39 is 10.0 Å². The molecular weight excluding hydrogens is 414 g/mol. The summed E-state index contributed by atoms with van der Waals surface area (Å²) in [6.45, 7) is 6.59. The number of hydrogen-bond donors (Lipinski definition) is 2. The molecule has 1 atom stereocenters. The monoisotopic (exact) mass is 445 g/mol. The topological polar surface area (TPSA) is 87.7 Å². The summed E-state index contributed by atoms with van der Waals surface area (Å²) < 4.78 is 33.3. The van der Waals surface area contributed by atoms with Crippen LogP contribution in [0.15, 0.2) is 59.5 Å². The van der Waals surface area contributed by atoms with Gasteiger partial charge in [-0.1, -0.05) is 42.5 Å². The molecule has 2 aromatic carbocycles. The van der Waals surface area contributed by atoms with Crippen molar-refractivity contribution >= 4 is 15.9 Å². The molecule has 0 aromatic heterocycles. The van der Waals surface area contributed by atoms with Gasteiger partial charge in [0.15, 0.2) is 0 Å². The van der Waals surface area contributed by atoms with E-state index in [2.05, 4.69) is 14.9 Å². The molecule has 0 unspecified atom stereocenters. The highest BCUT2D eigenvalue weighted by Gasteiger charge is 2.18. The first-order valence-corrected chi connectivity index (χ1v) is 12.2. The van der Waals surface area contributed by atoms with Crippen LogP contribution in [0.3, 0.4) is 0 Å². The van der Waals surface area contributed by atoms with E-state index in [0.717, 1.165) is 44.0 Å². The lowest BCUT2D eigenvalue weighted by Crippen LogP contribution is -2.41. The summed E-state index contributed by atoms with van der Waals surface area (Å²) in [5.74, 6) is 0.00306. The summed E-state index contributed by atoms with van der Waals surface area (Å²) in [7, 11) is -3.62. The fraction of sp³-hybridized carbons (Fsp3) is 0.435. The molecule has 31 heavy (non-hydrogen) atoms. The third-order valence-electron chi connectivity index (χ3n) is 5.36. The van der Waals surface area contributed by atoms with Crippen LogP contribution in [-0.4, -0.2) is 58.6 Å². The van der Waals surface area contributed by atoms with Crippen LogP contribution in [0.1, 0.15) is 30.5 Å². The minimum absolute atomic E-state index is 0.00306. The van der Waals surface area contributed by atoms with Crippen LogP contribution in [0.4, 0.5) is 0 Å². The molecule has 0 aliphatic carbocycles. The van der Waals surface area contributed by atoms with Crippen LogP contribution in [0.2, 0.25) is 0 Å². The van der Waals surface area contributed by atoms with Crippen LogP contribution in [0.25, 0.3) is 0 Å². The van der Waals surface area contributed by atoms with E-state index in [-0.39, 0.29) is 16.8 Å². The molecule has 7 nitrogen and oxygen atoms in total. The van der Waals surface area contributed by atoms with Gasteiger partial charge in [-0.05, 0) is 36.6 Å². The fourth-order valence-corrected chi connectivity index (χ4v) is 4.70. The second kappa shape index (κ2) is 11.4. The molecule has 0 spiro atoms.